The fourth-order valence-corrected chi connectivity index (χ4v) is 4.05. The Morgan fingerprint density at radius 1 is 0.848 bits per heavy atom. The number of amides is 1. The van der Waals surface area contributed by atoms with E-state index in [9.17, 15) is 14.7 Å². The van der Waals surface area contributed by atoms with E-state index in [0.717, 1.165) is 16.5 Å². The predicted molar refractivity (Wildman–Crippen MR) is 129 cm³/mol. The zero-order valence-electron chi connectivity index (χ0n) is 19.2. The monoisotopic (exact) mass is 449 g/mol. The number of rotatable bonds is 12. The third-order valence-corrected chi connectivity index (χ3v) is 5.58. The molecule has 0 aliphatic heterocycles. The molecule has 0 saturated carbocycles. The first-order chi connectivity index (χ1) is 16.0. The molecular formula is C27H31NO5. The summed E-state index contributed by atoms with van der Waals surface area (Å²) >= 11 is 0. The van der Waals surface area contributed by atoms with Gasteiger partial charge in [0, 0.05) is 5.39 Å². The van der Waals surface area contributed by atoms with Gasteiger partial charge in [0.05, 0.1) is 5.56 Å². The smallest absolute Gasteiger partial charge is 0.329 e. The highest BCUT2D eigenvalue weighted by molar-refractivity contribution is 6.05. The van der Waals surface area contributed by atoms with E-state index in [1.165, 1.54) is 0 Å². The van der Waals surface area contributed by atoms with E-state index in [0.29, 0.717) is 43.6 Å². The maximum absolute atomic E-state index is 13.3. The third-order valence-electron chi connectivity index (χ3n) is 5.58. The first kappa shape index (κ1) is 24.1. The lowest BCUT2D eigenvalue weighted by Crippen LogP contribution is -2.54. The molecule has 6 nitrogen and oxygen atoms in total. The number of aliphatic carboxylic acids is 1. The lowest BCUT2D eigenvalue weighted by molar-refractivity contribution is -0.145. The van der Waals surface area contributed by atoms with E-state index in [1.54, 1.807) is 6.07 Å². The van der Waals surface area contributed by atoms with Crippen LogP contribution in [0.15, 0.2) is 66.7 Å². The van der Waals surface area contributed by atoms with Gasteiger partial charge in [0.25, 0.3) is 5.91 Å². The molecular weight excluding hydrogens is 418 g/mol. The van der Waals surface area contributed by atoms with Gasteiger partial charge >= 0.3 is 5.97 Å². The highest BCUT2D eigenvalue weighted by Gasteiger charge is 2.39. The van der Waals surface area contributed by atoms with Crippen LogP contribution in [0, 0.1) is 0 Å². The van der Waals surface area contributed by atoms with Gasteiger partial charge in [-0.05, 0) is 36.4 Å². The molecule has 0 heterocycles. The van der Waals surface area contributed by atoms with E-state index in [4.69, 9.17) is 9.47 Å². The van der Waals surface area contributed by atoms with Crippen LogP contribution in [0.2, 0.25) is 0 Å². The average Bonchev–Trinajstić information content (AvgIpc) is 2.82. The molecule has 0 aliphatic rings. The Kier molecular flexibility index (Phi) is 8.30. The van der Waals surface area contributed by atoms with Crippen molar-refractivity contribution in [1.29, 1.82) is 0 Å². The molecule has 0 aromatic heterocycles. The fraction of sp³-hybridized carbons (Fsp3) is 0.333. The van der Waals surface area contributed by atoms with Crippen molar-refractivity contribution in [2.45, 2.75) is 45.1 Å². The van der Waals surface area contributed by atoms with Gasteiger partial charge in [-0.3, -0.25) is 4.79 Å². The minimum atomic E-state index is -1.31. The second-order valence-electron chi connectivity index (χ2n) is 8.01. The van der Waals surface area contributed by atoms with E-state index in [-0.39, 0.29) is 6.61 Å². The van der Waals surface area contributed by atoms with Crippen LogP contribution in [0.5, 0.6) is 11.5 Å². The van der Waals surface area contributed by atoms with Crippen LogP contribution < -0.4 is 14.8 Å². The number of para-hydroxylation sites is 1. The Morgan fingerprint density at radius 3 is 2.15 bits per heavy atom. The molecule has 0 radical (unpaired) electrons. The van der Waals surface area contributed by atoms with Crippen LogP contribution in [0.1, 0.15) is 49.9 Å². The molecule has 0 aliphatic carbocycles. The van der Waals surface area contributed by atoms with Crippen LogP contribution in [0.3, 0.4) is 0 Å². The van der Waals surface area contributed by atoms with Crippen molar-refractivity contribution < 1.29 is 24.2 Å². The van der Waals surface area contributed by atoms with Crippen LogP contribution in [-0.2, 0) is 4.79 Å². The van der Waals surface area contributed by atoms with Gasteiger partial charge in [0.1, 0.15) is 30.3 Å². The Morgan fingerprint density at radius 2 is 1.48 bits per heavy atom. The topological polar surface area (TPSA) is 84.9 Å². The summed E-state index contributed by atoms with van der Waals surface area (Å²) in [4.78, 5) is 25.5. The molecule has 0 bridgehead atoms. The van der Waals surface area contributed by atoms with Crippen molar-refractivity contribution in [3.63, 3.8) is 0 Å². The number of fused-ring (bicyclic) bond motifs is 1. The minimum Gasteiger partial charge on any atom is -0.490 e. The van der Waals surface area contributed by atoms with Crippen molar-refractivity contribution in [3.8, 4) is 11.5 Å². The largest absolute Gasteiger partial charge is 0.490 e. The number of hydrogen-bond acceptors (Lipinski definition) is 4. The molecule has 0 spiro atoms. The van der Waals surface area contributed by atoms with Crippen LogP contribution >= 0.6 is 0 Å². The zero-order chi connectivity index (χ0) is 23.7. The van der Waals surface area contributed by atoms with Gasteiger partial charge in [0.15, 0.2) is 0 Å². The summed E-state index contributed by atoms with van der Waals surface area (Å²) in [6.07, 6.45) is 2.00. The lowest BCUT2D eigenvalue weighted by atomic mass is 9.88. The number of carboxylic acids is 1. The van der Waals surface area contributed by atoms with E-state index >= 15 is 0 Å². The third kappa shape index (κ3) is 5.83. The van der Waals surface area contributed by atoms with Crippen LogP contribution in [0.25, 0.3) is 10.8 Å². The van der Waals surface area contributed by atoms with Gasteiger partial charge in [-0.1, -0.05) is 75.2 Å². The second-order valence-corrected chi connectivity index (χ2v) is 8.01. The van der Waals surface area contributed by atoms with Gasteiger partial charge < -0.3 is 19.9 Å². The van der Waals surface area contributed by atoms with E-state index < -0.39 is 17.4 Å². The Balaban J connectivity index is 1.86. The molecule has 174 valence electrons. The highest BCUT2D eigenvalue weighted by Crippen LogP contribution is 2.31. The molecule has 0 unspecified atom stereocenters. The summed E-state index contributed by atoms with van der Waals surface area (Å²) < 4.78 is 11.8. The van der Waals surface area contributed by atoms with Crippen LogP contribution in [0.4, 0.5) is 0 Å². The second kappa shape index (κ2) is 11.4. The van der Waals surface area contributed by atoms with Crippen molar-refractivity contribution in [2.75, 3.05) is 13.2 Å². The maximum atomic E-state index is 13.3. The molecule has 33 heavy (non-hydrogen) atoms. The Labute approximate surface area is 194 Å². The molecule has 6 heteroatoms. The summed E-state index contributed by atoms with van der Waals surface area (Å²) in [5.74, 6) is -0.306. The fourth-order valence-electron chi connectivity index (χ4n) is 4.05. The van der Waals surface area contributed by atoms with Crippen molar-refractivity contribution in [3.05, 3.63) is 72.3 Å². The normalized spacial score (nSPS) is 11.2. The predicted octanol–water partition coefficient (Wildman–Crippen LogP) is 5.45. The quantitative estimate of drug-likeness (QED) is 0.359. The highest BCUT2D eigenvalue weighted by atomic mass is 16.5. The maximum Gasteiger partial charge on any atom is 0.329 e. The van der Waals surface area contributed by atoms with Crippen LogP contribution in [-0.4, -0.2) is 35.7 Å². The number of nitrogens with one attached hydrogen (secondary N) is 1. The summed E-state index contributed by atoms with van der Waals surface area (Å²) in [5.41, 5.74) is -0.994. The zero-order valence-corrected chi connectivity index (χ0v) is 19.2. The van der Waals surface area contributed by atoms with Gasteiger partial charge in [0.2, 0.25) is 0 Å². The molecule has 2 N–H and O–H groups in total. The van der Waals surface area contributed by atoms with Crippen molar-refractivity contribution in [1.82, 2.24) is 5.32 Å². The SMILES string of the molecule is CCCC(CCC)(NC(=O)c1ccc2ccccc2c1OCCOc1ccccc1)C(=O)O. The van der Waals surface area contributed by atoms with E-state index in [2.05, 4.69) is 5.32 Å². The molecule has 1 amide bonds. The van der Waals surface area contributed by atoms with E-state index in [1.807, 2.05) is 74.5 Å². The summed E-state index contributed by atoms with van der Waals surface area (Å²) in [6, 6.07) is 20.6. The molecule has 0 saturated heterocycles. The molecule has 3 rings (SSSR count). The number of carboxylic acid groups (broad SMARTS) is 1. The summed E-state index contributed by atoms with van der Waals surface area (Å²) in [5, 5.41) is 14.5. The Bertz CT molecular complexity index is 1070. The molecule has 0 fully saturated rings. The summed E-state index contributed by atoms with van der Waals surface area (Å²) in [7, 11) is 0. The first-order valence-corrected chi connectivity index (χ1v) is 11.4. The molecule has 0 atom stereocenters. The minimum absolute atomic E-state index is 0.233. The number of benzene rings is 3. The van der Waals surface area contributed by atoms with Gasteiger partial charge in [-0.2, -0.15) is 0 Å². The standard InChI is InChI=1S/C27H31NO5/c1-3-16-27(17-4-2,26(30)31)28-25(29)23-15-14-20-10-8-9-13-22(20)24(23)33-19-18-32-21-11-6-5-7-12-21/h5-15H,3-4,16-19H2,1-2H3,(H,28,29)(H,30,31). The first-order valence-electron chi connectivity index (χ1n) is 11.4. The average molecular weight is 450 g/mol. The molecule has 3 aromatic rings. The summed E-state index contributed by atoms with van der Waals surface area (Å²) in [6.45, 7) is 4.36. The number of hydrogen-bond donors (Lipinski definition) is 2. The van der Waals surface area contributed by atoms with Gasteiger partial charge in [-0.25, -0.2) is 4.79 Å². The van der Waals surface area contributed by atoms with Crippen molar-refractivity contribution >= 4 is 22.6 Å². The number of carbonyl (C=O) groups excluding carboxylic acids is 1. The Hall–Kier alpha value is -3.54. The number of carbonyl (C=O) groups is 2. The van der Waals surface area contributed by atoms with Gasteiger partial charge in [-0.15, -0.1) is 0 Å². The van der Waals surface area contributed by atoms with Crippen molar-refractivity contribution in [2.24, 2.45) is 0 Å². The lowest BCUT2D eigenvalue weighted by Gasteiger charge is -2.30. The molecule has 3 aromatic carbocycles. The number of ether oxygens (including phenoxy) is 2.